The molecule has 0 fully saturated rings. The van der Waals surface area contributed by atoms with E-state index in [1.165, 1.54) is 0 Å². The average molecular weight is 226 g/mol. The lowest BCUT2D eigenvalue weighted by atomic mass is 10.3. The van der Waals surface area contributed by atoms with Gasteiger partial charge in [-0.25, -0.2) is 0 Å². The highest BCUT2D eigenvalue weighted by atomic mass is 79.9. The highest BCUT2D eigenvalue weighted by Gasteiger charge is 2.07. The second-order valence-electron chi connectivity index (χ2n) is 2.72. The van der Waals surface area contributed by atoms with Gasteiger partial charge in [0, 0.05) is 23.1 Å². The fourth-order valence-corrected chi connectivity index (χ4v) is 1.97. The number of hydrogen-bond acceptors (Lipinski definition) is 2. The predicted octanol–water partition coefficient (Wildman–Crippen LogP) is 2.04. The van der Waals surface area contributed by atoms with Crippen molar-refractivity contribution in [3.63, 3.8) is 0 Å². The zero-order valence-corrected chi connectivity index (χ0v) is 8.46. The first-order chi connectivity index (χ1) is 5.70. The number of halogens is 1. The second kappa shape index (κ2) is 2.55. The minimum absolute atomic E-state index is 1.01. The smallest absolute Gasteiger partial charge is 0.0876 e. The zero-order chi connectivity index (χ0) is 8.72. The highest BCUT2D eigenvalue weighted by molar-refractivity contribution is 9.10. The van der Waals surface area contributed by atoms with Gasteiger partial charge in [0.1, 0.15) is 0 Å². The Morgan fingerprint density at radius 2 is 2.17 bits per heavy atom. The van der Waals surface area contributed by atoms with Crippen LogP contribution in [-0.4, -0.2) is 14.8 Å². The number of hydrogen-bond donors (Lipinski definition) is 0. The van der Waals surface area contributed by atoms with Gasteiger partial charge in [-0.3, -0.25) is 9.67 Å². The molecule has 0 spiro atoms. The van der Waals surface area contributed by atoms with Crippen LogP contribution in [0.2, 0.25) is 0 Å². The van der Waals surface area contributed by atoms with Crippen LogP contribution < -0.4 is 0 Å². The Morgan fingerprint density at radius 1 is 1.42 bits per heavy atom. The van der Waals surface area contributed by atoms with Crippen molar-refractivity contribution in [2.75, 3.05) is 0 Å². The lowest BCUT2D eigenvalue weighted by molar-refractivity contribution is 0.782. The minimum atomic E-state index is 1.01. The molecule has 12 heavy (non-hydrogen) atoms. The van der Waals surface area contributed by atoms with Crippen molar-refractivity contribution < 1.29 is 0 Å². The first-order valence-electron chi connectivity index (χ1n) is 3.63. The highest BCUT2D eigenvalue weighted by Crippen LogP contribution is 2.24. The van der Waals surface area contributed by atoms with E-state index in [9.17, 15) is 0 Å². The van der Waals surface area contributed by atoms with Gasteiger partial charge in [0.05, 0.1) is 17.4 Å². The molecule has 0 N–H and O–H groups in total. The molecule has 0 saturated carbocycles. The molecule has 0 saturated heterocycles. The summed E-state index contributed by atoms with van der Waals surface area (Å²) in [6, 6.07) is 0. The number of nitrogens with zero attached hydrogens (tertiary/aromatic N) is 3. The van der Waals surface area contributed by atoms with Crippen molar-refractivity contribution in [3.8, 4) is 0 Å². The van der Waals surface area contributed by atoms with Gasteiger partial charge >= 0.3 is 0 Å². The molecule has 3 nitrogen and oxygen atoms in total. The van der Waals surface area contributed by atoms with Crippen molar-refractivity contribution in [2.45, 2.75) is 6.92 Å². The molecule has 0 unspecified atom stereocenters. The minimum Gasteiger partial charge on any atom is -0.266 e. The average Bonchev–Trinajstić information content (AvgIpc) is 2.29. The van der Waals surface area contributed by atoms with Gasteiger partial charge in [0.2, 0.25) is 0 Å². The van der Waals surface area contributed by atoms with E-state index >= 15 is 0 Å². The third-order valence-corrected chi connectivity index (χ3v) is 2.49. The quantitative estimate of drug-likeness (QED) is 0.688. The van der Waals surface area contributed by atoms with Gasteiger partial charge in [-0.15, -0.1) is 0 Å². The number of aromatic nitrogens is 3. The molecule has 2 aromatic heterocycles. The topological polar surface area (TPSA) is 30.7 Å². The third kappa shape index (κ3) is 0.948. The van der Waals surface area contributed by atoms with E-state index < -0.39 is 0 Å². The van der Waals surface area contributed by atoms with Crippen LogP contribution in [0.4, 0.5) is 0 Å². The number of pyridine rings is 1. The van der Waals surface area contributed by atoms with Crippen LogP contribution in [0.1, 0.15) is 5.69 Å². The van der Waals surface area contributed by atoms with Crippen molar-refractivity contribution in [3.05, 3.63) is 22.6 Å². The van der Waals surface area contributed by atoms with Gasteiger partial charge in [-0.2, -0.15) is 5.10 Å². The molecular weight excluding hydrogens is 218 g/mol. The molecule has 2 aromatic rings. The van der Waals surface area contributed by atoms with Crippen molar-refractivity contribution >= 4 is 26.8 Å². The van der Waals surface area contributed by atoms with E-state index in [-0.39, 0.29) is 0 Å². The standard InChI is InChI=1S/C8H8BrN3/c1-5-8-6(9)3-10-4-7(8)12(2)11-5/h3-4H,1-2H3. The lowest BCUT2D eigenvalue weighted by Crippen LogP contribution is -1.89. The van der Waals surface area contributed by atoms with E-state index in [1.807, 2.05) is 24.9 Å². The van der Waals surface area contributed by atoms with Crippen LogP contribution in [-0.2, 0) is 7.05 Å². The fourth-order valence-electron chi connectivity index (χ4n) is 1.36. The molecule has 62 valence electrons. The van der Waals surface area contributed by atoms with Crippen LogP contribution in [0.5, 0.6) is 0 Å². The Bertz CT molecular complexity index is 433. The summed E-state index contributed by atoms with van der Waals surface area (Å²) in [5.41, 5.74) is 2.09. The zero-order valence-electron chi connectivity index (χ0n) is 6.87. The molecule has 0 bridgehead atoms. The van der Waals surface area contributed by atoms with E-state index in [4.69, 9.17) is 0 Å². The van der Waals surface area contributed by atoms with Crippen molar-refractivity contribution in [1.29, 1.82) is 0 Å². The molecule has 0 aromatic carbocycles. The van der Waals surface area contributed by atoms with Crippen LogP contribution in [0.3, 0.4) is 0 Å². The molecule has 0 aliphatic carbocycles. The number of rotatable bonds is 0. The first kappa shape index (κ1) is 7.73. The number of fused-ring (bicyclic) bond motifs is 1. The Labute approximate surface area is 78.5 Å². The summed E-state index contributed by atoms with van der Waals surface area (Å²) in [5.74, 6) is 0. The summed E-state index contributed by atoms with van der Waals surface area (Å²) in [7, 11) is 1.92. The SMILES string of the molecule is Cc1nn(C)c2cncc(Br)c12. The van der Waals surface area contributed by atoms with Gasteiger partial charge in [-0.1, -0.05) is 0 Å². The first-order valence-corrected chi connectivity index (χ1v) is 4.42. The Kier molecular flexibility index (Phi) is 1.65. The molecule has 2 heterocycles. The predicted molar refractivity (Wildman–Crippen MR) is 50.9 cm³/mol. The molecule has 0 aliphatic rings. The maximum atomic E-state index is 4.30. The third-order valence-electron chi connectivity index (χ3n) is 1.89. The van der Waals surface area contributed by atoms with Gasteiger partial charge in [0.15, 0.2) is 0 Å². The summed E-state index contributed by atoms with van der Waals surface area (Å²) in [5, 5.41) is 5.44. The van der Waals surface area contributed by atoms with Gasteiger partial charge < -0.3 is 0 Å². The lowest BCUT2D eigenvalue weighted by Gasteiger charge is -1.93. The maximum Gasteiger partial charge on any atom is 0.0876 e. The van der Waals surface area contributed by atoms with Crippen LogP contribution >= 0.6 is 15.9 Å². The summed E-state index contributed by atoms with van der Waals surface area (Å²) in [6.07, 6.45) is 3.61. The van der Waals surface area contributed by atoms with Crippen molar-refractivity contribution in [1.82, 2.24) is 14.8 Å². The normalized spacial score (nSPS) is 10.9. The van der Waals surface area contributed by atoms with E-state index in [2.05, 4.69) is 26.0 Å². The summed E-state index contributed by atoms with van der Waals surface area (Å²) in [4.78, 5) is 4.08. The van der Waals surface area contributed by atoms with Crippen LogP contribution in [0.25, 0.3) is 10.9 Å². The molecule has 4 heteroatoms. The van der Waals surface area contributed by atoms with Crippen molar-refractivity contribution in [2.24, 2.45) is 7.05 Å². The largest absolute Gasteiger partial charge is 0.266 e. The van der Waals surface area contributed by atoms with E-state index in [0.29, 0.717) is 0 Å². The Balaban J connectivity index is 2.99. The monoisotopic (exact) mass is 225 g/mol. The molecule has 0 atom stereocenters. The van der Waals surface area contributed by atoms with Crippen LogP contribution in [0, 0.1) is 6.92 Å². The van der Waals surface area contributed by atoms with E-state index in [1.54, 1.807) is 6.20 Å². The molecule has 0 amide bonds. The maximum absolute atomic E-state index is 4.30. The molecule has 0 radical (unpaired) electrons. The fraction of sp³-hybridized carbons (Fsp3) is 0.250. The summed E-state index contributed by atoms with van der Waals surface area (Å²) < 4.78 is 2.84. The van der Waals surface area contributed by atoms with Crippen LogP contribution in [0.15, 0.2) is 16.9 Å². The molecular formula is C8H8BrN3. The van der Waals surface area contributed by atoms with E-state index in [0.717, 1.165) is 21.1 Å². The molecule has 2 rings (SSSR count). The van der Waals surface area contributed by atoms with Gasteiger partial charge in [-0.05, 0) is 22.9 Å². The molecule has 0 aliphatic heterocycles. The second-order valence-corrected chi connectivity index (χ2v) is 3.58. The summed E-state index contributed by atoms with van der Waals surface area (Å²) in [6.45, 7) is 1.99. The summed E-state index contributed by atoms with van der Waals surface area (Å²) >= 11 is 3.45. The Hall–Kier alpha value is -0.900. The Morgan fingerprint density at radius 3 is 2.83 bits per heavy atom. The van der Waals surface area contributed by atoms with Gasteiger partial charge in [0.25, 0.3) is 0 Å². The number of aryl methyl sites for hydroxylation is 2.